The first-order chi connectivity index (χ1) is 11.1. The summed E-state index contributed by atoms with van der Waals surface area (Å²) in [6, 6.07) is 0. The van der Waals surface area contributed by atoms with Crippen LogP contribution in [0.1, 0.15) is 60.3 Å². The number of carbonyl (C=O) groups excluding carboxylic acids is 2. The molecule has 0 aromatic heterocycles. The first-order valence-corrected chi connectivity index (χ1v) is 9.36. The molecule has 0 saturated carbocycles. The first kappa shape index (κ1) is 22.9. The maximum atomic E-state index is 11.6. The Morgan fingerprint density at radius 3 is 2.29 bits per heavy atom. The topological polar surface area (TPSA) is 46.6 Å². The quantitative estimate of drug-likeness (QED) is 0.502. The number of likely N-dealkylation sites (N-methyl/N-ethyl adjacent to an activating group) is 1. The molecule has 1 aliphatic heterocycles. The van der Waals surface area contributed by atoms with Crippen LogP contribution in [0, 0.1) is 5.41 Å². The molecule has 1 heterocycles. The van der Waals surface area contributed by atoms with Gasteiger partial charge in [-0.25, -0.2) is 0 Å². The third-order valence-electron chi connectivity index (χ3n) is 4.89. The van der Waals surface area contributed by atoms with E-state index in [1.807, 2.05) is 25.7 Å². The lowest BCUT2D eigenvalue weighted by atomic mass is 9.91. The molecule has 1 aliphatic rings. The van der Waals surface area contributed by atoms with Gasteiger partial charge in [-0.05, 0) is 40.0 Å². The standard InChI is InChI=1S/C12H26NO2.C7H13NO/c1-7-12(3,4)11(14)15-10-9-13(5,6)8-2;1-2-5-8-6-3-4-7(8)9/h7-10H2,1-6H3;2-6H2,1H3/q+1;. The molecule has 142 valence electrons. The van der Waals surface area contributed by atoms with Crippen molar-refractivity contribution in [2.24, 2.45) is 5.41 Å². The number of hydrogen-bond acceptors (Lipinski definition) is 3. The van der Waals surface area contributed by atoms with E-state index >= 15 is 0 Å². The number of esters is 1. The van der Waals surface area contributed by atoms with Gasteiger partial charge in [0.25, 0.3) is 0 Å². The van der Waals surface area contributed by atoms with Crippen LogP contribution in [0.5, 0.6) is 0 Å². The second-order valence-corrected chi connectivity index (χ2v) is 7.83. The molecule has 0 spiro atoms. The largest absolute Gasteiger partial charge is 0.459 e. The van der Waals surface area contributed by atoms with Crippen molar-refractivity contribution >= 4 is 11.9 Å². The Morgan fingerprint density at radius 1 is 1.25 bits per heavy atom. The zero-order chi connectivity index (χ0) is 18.8. The van der Waals surface area contributed by atoms with E-state index in [4.69, 9.17) is 4.74 Å². The van der Waals surface area contributed by atoms with Gasteiger partial charge in [-0.1, -0.05) is 13.8 Å². The van der Waals surface area contributed by atoms with E-state index in [-0.39, 0.29) is 11.4 Å². The zero-order valence-electron chi connectivity index (χ0n) is 17.0. The third kappa shape index (κ3) is 8.67. The van der Waals surface area contributed by atoms with E-state index in [2.05, 4.69) is 27.9 Å². The molecule has 0 bridgehead atoms. The molecule has 5 nitrogen and oxygen atoms in total. The maximum absolute atomic E-state index is 11.6. The van der Waals surface area contributed by atoms with Crippen LogP contribution in [0.3, 0.4) is 0 Å². The van der Waals surface area contributed by atoms with Gasteiger partial charge in [-0.2, -0.15) is 0 Å². The zero-order valence-corrected chi connectivity index (χ0v) is 17.0. The number of rotatable bonds is 8. The van der Waals surface area contributed by atoms with Gasteiger partial charge in [-0.15, -0.1) is 0 Å². The molecule has 0 unspecified atom stereocenters. The number of hydrogen-bond donors (Lipinski definition) is 0. The van der Waals surface area contributed by atoms with Crippen molar-refractivity contribution in [3.63, 3.8) is 0 Å². The number of amides is 1. The molecule has 1 fully saturated rings. The van der Waals surface area contributed by atoms with E-state index < -0.39 is 0 Å². The number of likely N-dealkylation sites (tertiary alicyclic amines) is 1. The molecule has 0 N–H and O–H groups in total. The van der Waals surface area contributed by atoms with Gasteiger partial charge in [0.15, 0.2) is 0 Å². The predicted octanol–water partition coefficient (Wildman–Crippen LogP) is 3.08. The second-order valence-electron chi connectivity index (χ2n) is 7.83. The molecular weight excluding hydrogens is 304 g/mol. The Hall–Kier alpha value is -1.10. The van der Waals surface area contributed by atoms with Gasteiger partial charge >= 0.3 is 5.97 Å². The molecule has 0 aromatic rings. The van der Waals surface area contributed by atoms with Crippen molar-refractivity contribution in [3.8, 4) is 0 Å². The predicted molar refractivity (Wildman–Crippen MR) is 98.7 cm³/mol. The Morgan fingerprint density at radius 2 is 1.88 bits per heavy atom. The Kier molecular flexibility index (Phi) is 10.2. The SMILES string of the molecule is CCC(C)(C)C(=O)OCC[N+](C)(C)CC.CCCN1CCCC1=O. The molecule has 0 radical (unpaired) electrons. The number of quaternary nitrogens is 1. The normalized spacial score (nSPS) is 15.1. The molecule has 24 heavy (non-hydrogen) atoms. The van der Waals surface area contributed by atoms with Crippen molar-refractivity contribution in [2.75, 3.05) is 46.9 Å². The monoisotopic (exact) mass is 343 g/mol. The van der Waals surface area contributed by atoms with E-state index in [0.29, 0.717) is 12.5 Å². The summed E-state index contributed by atoms with van der Waals surface area (Å²) in [7, 11) is 4.28. The molecule has 1 saturated heterocycles. The average molecular weight is 344 g/mol. The van der Waals surface area contributed by atoms with Gasteiger partial charge in [0, 0.05) is 19.5 Å². The molecule has 1 rings (SSSR count). The Bertz CT molecular complexity index is 392. The fourth-order valence-corrected chi connectivity index (χ4v) is 2.09. The first-order valence-electron chi connectivity index (χ1n) is 9.36. The summed E-state index contributed by atoms with van der Waals surface area (Å²) in [5.74, 6) is 0.262. The average Bonchev–Trinajstić information content (AvgIpc) is 2.93. The maximum Gasteiger partial charge on any atom is 0.311 e. The van der Waals surface area contributed by atoms with E-state index in [1.54, 1.807) is 0 Å². The van der Waals surface area contributed by atoms with Crippen molar-refractivity contribution in [3.05, 3.63) is 0 Å². The van der Waals surface area contributed by atoms with Gasteiger partial charge in [0.2, 0.25) is 5.91 Å². The highest BCUT2D eigenvalue weighted by Gasteiger charge is 2.27. The highest BCUT2D eigenvalue weighted by molar-refractivity contribution is 5.78. The molecule has 0 aliphatic carbocycles. The summed E-state index contributed by atoms with van der Waals surface area (Å²) >= 11 is 0. The van der Waals surface area contributed by atoms with Crippen LogP contribution in [0.25, 0.3) is 0 Å². The second kappa shape index (κ2) is 10.7. The molecular formula is C19H39N2O3+. The summed E-state index contributed by atoms with van der Waals surface area (Å²) in [5.41, 5.74) is -0.344. The summed E-state index contributed by atoms with van der Waals surface area (Å²) in [4.78, 5) is 24.5. The fraction of sp³-hybridized carbons (Fsp3) is 0.895. The van der Waals surface area contributed by atoms with E-state index in [1.165, 1.54) is 0 Å². The minimum atomic E-state index is -0.344. The van der Waals surface area contributed by atoms with Crippen molar-refractivity contribution < 1.29 is 18.8 Å². The highest BCUT2D eigenvalue weighted by atomic mass is 16.5. The summed E-state index contributed by atoms with van der Waals surface area (Å²) < 4.78 is 6.17. The van der Waals surface area contributed by atoms with Crippen LogP contribution in [-0.2, 0) is 14.3 Å². The lowest BCUT2D eigenvalue weighted by molar-refractivity contribution is -0.888. The van der Waals surface area contributed by atoms with Crippen LogP contribution in [0.2, 0.25) is 0 Å². The lowest BCUT2D eigenvalue weighted by Gasteiger charge is -2.28. The molecule has 0 aromatic carbocycles. The number of carbonyl (C=O) groups is 2. The van der Waals surface area contributed by atoms with Crippen molar-refractivity contribution in [1.29, 1.82) is 0 Å². The highest BCUT2D eigenvalue weighted by Crippen LogP contribution is 2.21. The van der Waals surface area contributed by atoms with Crippen LogP contribution < -0.4 is 0 Å². The van der Waals surface area contributed by atoms with Crippen LogP contribution in [0.4, 0.5) is 0 Å². The van der Waals surface area contributed by atoms with E-state index in [0.717, 1.165) is 56.3 Å². The van der Waals surface area contributed by atoms with Crippen LogP contribution in [0.15, 0.2) is 0 Å². The summed E-state index contributed by atoms with van der Waals surface area (Å²) in [6.07, 6.45) is 3.75. The lowest BCUT2D eigenvalue weighted by Crippen LogP contribution is -2.42. The van der Waals surface area contributed by atoms with Gasteiger partial charge in [0.1, 0.15) is 13.2 Å². The Labute approximate surface area is 148 Å². The fourth-order valence-electron chi connectivity index (χ4n) is 2.09. The molecule has 1 amide bonds. The van der Waals surface area contributed by atoms with Gasteiger partial charge in [0.05, 0.1) is 26.1 Å². The molecule has 0 atom stereocenters. The number of nitrogens with zero attached hydrogens (tertiary/aromatic N) is 2. The minimum Gasteiger partial charge on any atom is -0.459 e. The third-order valence-corrected chi connectivity index (χ3v) is 4.89. The van der Waals surface area contributed by atoms with Crippen molar-refractivity contribution in [2.45, 2.75) is 60.3 Å². The van der Waals surface area contributed by atoms with Gasteiger partial charge < -0.3 is 14.1 Å². The molecule has 5 heteroatoms. The Balaban J connectivity index is 0.000000496. The van der Waals surface area contributed by atoms with Crippen molar-refractivity contribution in [1.82, 2.24) is 4.90 Å². The van der Waals surface area contributed by atoms with Gasteiger partial charge in [-0.3, -0.25) is 9.59 Å². The summed E-state index contributed by atoms with van der Waals surface area (Å²) in [5, 5.41) is 0. The minimum absolute atomic E-state index is 0.0823. The van der Waals surface area contributed by atoms with Crippen LogP contribution in [-0.4, -0.2) is 68.1 Å². The van der Waals surface area contributed by atoms with Crippen LogP contribution >= 0.6 is 0 Å². The summed E-state index contributed by atoms with van der Waals surface area (Å²) in [6.45, 7) is 14.5. The smallest absolute Gasteiger partial charge is 0.311 e. The number of ether oxygens (including phenoxy) is 1. The van der Waals surface area contributed by atoms with E-state index in [9.17, 15) is 9.59 Å².